The van der Waals surface area contributed by atoms with Gasteiger partial charge in [-0.25, -0.2) is 0 Å². The number of rotatable bonds is 6. The number of hydrogen-bond donors (Lipinski definition) is 1. The molecule has 0 saturated carbocycles. The summed E-state index contributed by atoms with van der Waals surface area (Å²) < 4.78 is 5.80. The first-order valence-corrected chi connectivity index (χ1v) is 8.54. The summed E-state index contributed by atoms with van der Waals surface area (Å²) in [6, 6.07) is 0. The van der Waals surface area contributed by atoms with Crippen molar-refractivity contribution in [3.05, 3.63) is 12.7 Å². The van der Waals surface area contributed by atoms with Gasteiger partial charge >= 0.3 is 0 Å². The molecule has 2 rings (SSSR count). The number of amides is 1. The molecule has 0 aliphatic carbocycles. The van der Waals surface area contributed by atoms with Crippen LogP contribution in [0.15, 0.2) is 12.7 Å². The fourth-order valence-corrected chi connectivity index (χ4v) is 3.57. The summed E-state index contributed by atoms with van der Waals surface area (Å²) in [4.78, 5) is 16.5. The van der Waals surface area contributed by atoms with Crippen LogP contribution in [0.4, 0.5) is 0 Å². The maximum atomic E-state index is 11.7. The first kappa shape index (κ1) is 17.4. The van der Waals surface area contributed by atoms with E-state index in [1.165, 1.54) is 19.4 Å². The van der Waals surface area contributed by atoms with Crippen molar-refractivity contribution in [1.29, 1.82) is 0 Å². The highest BCUT2D eigenvalue weighted by atomic mass is 16.5. The second-order valence-electron chi connectivity index (χ2n) is 6.79. The molecule has 0 spiro atoms. The Morgan fingerprint density at radius 2 is 1.86 bits per heavy atom. The number of nitrogens with one attached hydrogen (secondary N) is 1. The molecule has 5 heteroatoms. The van der Waals surface area contributed by atoms with Crippen molar-refractivity contribution >= 4 is 5.91 Å². The van der Waals surface area contributed by atoms with Gasteiger partial charge in [-0.3, -0.25) is 14.6 Å². The third-order valence-electron chi connectivity index (χ3n) is 4.53. The van der Waals surface area contributed by atoms with Crippen LogP contribution < -0.4 is 5.32 Å². The van der Waals surface area contributed by atoms with Gasteiger partial charge in [0.2, 0.25) is 5.91 Å². The average Bonchev–Trinajstić information content (AvgIpc) is 2.46. The predicted molar refractivity (Wildman–Crippen MR) is 88.8 cm³/mol. The highest BCUT2D eigenvalue weighted by Crippen LogP contribution is 2.20. The van der Waals surface area contributed by atoms with Crippen molar-refractivity contribution in [1.82, 2.24) is 15.1 Å². The van der Waals surface area contributed by atoms with E-state index in [1.54, 1.807) is 6.08 Å². The lowest BCUT2D eigenvalue weighted by molar-refractivity contribution is -0.122. The molecule has 0 aromatic heterocycles. The molecule has 0 aromatic carbocycles. The summed E-state index contributed by atoms with van der Waals surface area (Å²) in [7, 11) is 0. The van der Waals surface area contributed by atoms with E-state index in [0.29, 0.717) is 25.3 Å². The van der Waals surface area contributed by atoms with E-state index in [2.05, 4.69) is 35.5 Å². The Kier molecular flexibility index (Phi) is 6.86. The summed E-state index contributed by atoms with van der Waals surface area (Å²) in [5.74, 6) is 0.860. The van der Waals surface area contributed by atoms with Crippen LogP contribution in [0.1, 0.15) is 26.7 Å². The molecule has 2 aliphatic heterocycles. The Bertz CT molecular complexity index is 357. The number of piperidine rings is 1. The monoisotopic (exact) mass is 309 g/mol. The lowest BCUT2D eigenvalue weighted by Gasteiger charge is -2.39. The van der Waals surface area contributed by atoms with E-state index in [9.17, 15) is 4.79 Å². The molecule has 22 heavy (non-hydrogen) atoms. The summed E-state index contributed by atoms with van der Waals surface area (Å²) >= 11 is 0. The number of carbonyl (C=O) groups excluding carboxylic acids is 1. The van der Waals surface area contributed by atoms with Crippen molar-refractivity contribution in [2.24, 2.45) is 5.92 Å². The van der Waals surface area contributed by atoms with Crippen LogP contribution in [0.25, 0.3) is 0 Å². The zero-order chi connectivity index (χ0) is 15.9. The highest BCUT2D eigenvalue weighted by Gasteiger charge is 2.26. The van der Waals surface area contributed by atoms with Crippen LogP contribution >= 0.6 is 0 Å². The van der Waals surface area contributed by atoms with Gasteiger partial charge in [0.15, 0.2) is 0 Å². The molecule has 0 radical (unpaired) electrons. The van der Waals surface area contributed by atoms with Crippen LogP contribution in [-0.4, -0.2) is 73.7 Å². The van der Waals surface area contributed by atoms with Gasteiger partial charge in [-0.15, -0.1) is 6.58 Å². The number of hydrogen-bond acceptors (Lipinski definition) is 4. The average molecular weight is 309 g/mol. The minimum absolute atomic E-state index is 0.106. The molecule has 126 valence electrons. The molecule has 2 fully saturated rings. The molecule has 1 N–H and O–H groups in total. The molecule has 2 aliphatic rings. The van der Waals surface area contributed by atoms with Gasteiger partial charge in [-0.2, -0.15) is 0 Å². The van der Waals surface area contributed by atoms with E-state index < -0.39 is 0 Å². The zero-order valence-electron chi connectivity index (χ0n) is 14.1. The molecule has 0 bridgehead atoms. The van der Waals surface area contributed by atoms with Gasteiger partial charge in [-0.1, -0.05) is 6.08 Å². The topological polar surface area (TPSA) is 44.8 Å². The molecule has 2 heterocycles. The summed E-state index contributed by atoms with van der Waals surface area (Å²) in [6.07, 6.45) is 4.79. The maximum Gasteiger partial charge on any atom is 0.234 e. The number of carbonyl (C=O) groups is 1. The number of likely N-dealkylation sites (tertiary alicyclic amines) is 1. The number of nitrogens with zero attached hydrogens (tertiary/aromatic N) is 2. The van der Waals surface area contributed by atoms with Gasteiger partial charge in [0, 0.05) is 26.2 Å². The van der Waals surface area contributed by atoms with Crippen LogP contribution in [0.3, 0.4) is 0 Å². The van der Waals surface area contributed by atoms with E-state index in [-0.39, 0.29) is 5.91 Å². The fourth-order valence-electron chi connectivity index (χ4n) is 3.57. The smallest absolute Gasteiger partial charge is 0.234 e. The Morgan fingerprint density at radius 3 is 2.45 bits per heavy atom. The second-order valence-corrected chi connectivity index (χ2v) is 6.79. The van der Waals surface area contributed by atoms with Gasteiger partial charge in [0.05, 0.1) is 18.8 Å². The Labute approximate surface area is 134 Å². The molecule has 2 saturated heterocycles. The van der Waals surface area contributed by atoms with E-state index in [0.717, 1.165) is 32.1 Å². The molecular weight excluding hydrogens is 278 g/mol. The maximum absolute atomic E-state index is 11.7. The van der Waals surface area contributed by atoms with Crippen molar-refractivity contribution in [3.63, 3.8) is 0 Å². The van der Waals surface area contributed by atoms with Crippen molar-refractivity contribution in [2.75, 3.05) is 45.8 Å². The Balaban J connectivity index is 1.66. The van der Waals surface area contributed by atoms with Crippen LogP contribution in [0.5, 0.6) is 0 Å². The Morgan fingerprint density at radius 1 is 1.23 bits per heavy atom. The molecule has 0 unspecified atom stereocenters. The first-order chi connectivity index (χ1) is 10.6. The van der Waals surface area contributed by atoms with E-state index in [4.69, 9.17) is 4.74 Å². The van der Waals surface area contributed by atoms with Crippen LogP contribution in [0.2, 0.25) is 0 Å². The lowest BCUT2D eigenvalue weighted by Crippen LogP contribution is -2.49. The van der Waals surface area contributed by atoms with E-state index >= 15 is 0 Å². The molecule has 2 atom stereocenters. The normalized spacial score (nSPS) is 28.5. The molecule has 5 nitrogen and oxygen atoms in total. The summed E-state index contributed by atoms with van der Waals surface area (Å²) in [5, 5.41) is 2.85. The van der Waals surface area contributed by atoms with Crippen molar-refractivity contribution in [3.8, 4) is 0 Å². The third-order valence-corrected chi connectivity index (χ3v) is 4.53. The van der Waals surface area contributed by atoms with Gasteiger partial charge in [0.25, 0.3) is 0 Å². The standard InChI is InChI=1S/C17H31N3O2/c1-4-7-18-17(21)13-19-8-5-16(6-9-19)12-20-10-14(2)22-15(3)11-20/h4,14-16H,1,5-13H2,2-3H3,(H,18,21)/t14-,15-/m1/s1. The van der Waals surface area contributed by atoms with Crippen LogP contribution in [-0.2, 0) is 9.53 Å². The minimum atomic E-state index is 0.106. The van der Waals surface area contributed by atoms with Gasteiger partial charge in [0.1, 0.15) is 0 Å². The zero-order valence-corrected chi connectivity index (χ0v) is 14.1. The van der Waals surface area contributed by atoms with E-state index in [1.807, 2.05) is 0 Å². The Hall–Kier alpha value is -0.910. The summed E-state index contributed by atoms with van der Waals surface area (Å²) in [6.45, 7) is 14.3. The highest BCUT2D eigenvalue weighted by molar-refractivity contribution is 5.78. The summed E-state index contributed by atoms with van der Waals surface area (Å²) in [5.41, 5.74) is 0. The predicted octanol–water partition coefficient (Wildman–Crippen LogP) is 1.11. The van der Waals surface area contributed by atoms with Gasteiger partial charge in [-0.05, 0) is 45.7 Å². The first-order valence-electron chi connectivity index (χ1n) is 8.54. The van der Waals surface area contributed by atoms with Crippen LogP contribution in [0, 0.1) is 5.92 Å². The quantitative estimate of drug-likeness (QED) is 0.747. The molecule has 1 amide bonds. The third kappa shape index (κ3) is 5.71. The second kappa shape index (κ2) is 8.65. The number of ether oxygens (including phenoxy) is 1. The SMILES string of the molecule is C=CCNC(=O)CN1CCC(CN2C[C@@H](C)O[C@H](C)C2)CC1. The molecule has 0 aromatic rings. The minimum Gasteiger partial charge on any atom is -0.373 e. The molecular formula is C17H31N3O2. The fraction of sp³-hybridized carbons (Fsp3) is 0.824. The van der Waals surface area contributed by atoms with Crippen molar-refractivity contribution in [2.45, 2.75) is 38.9 Å². The number of morpholine rings is 1. The largest absolute Gasteiger partial charge is 0.373 e. The lowest BCUT2D eigenvalue weighted by atomic mass is 9.95. The van der Waals surface area contributed by atoms with Gasteiger partial charge < -0.3 is 10.1 Å². The van der Waals surface area contributed by atoms with Crippen molar-refractivity contribution < 1.29 is 9.53 Å².